The summed E-state index contributed by atoms with van der Waals surface area (Å²) in [5.41, 5.74) is 5.76. The number of para-hydroxylation sites is 1. The van der Waals surface area contributed by atoms with Gasteiger partial charge >= 0.3 is 0 Å². The van der Waals surface area contributed by atoms with Crippen LogP contribution in [0, 0.1) is 0 Å². The van der Waals surface area contributed by atoms with E-state index < -0.39 is 11.2 Å². The maximum absolute atomic E-state index is 14.0. The van der Waals surface area contributed by atoms with Gasteiger partial charge in [-0.05, 0) is 84.8 Å². The summed E-state index contributed by atoms with van der Waals surface area (Å²) in [6.07, 6.45) is 1.64. The van der Waals surface area contributed by atoms with Crippen LogP contribution in [0.5, 0.6) is 0 Å². The number of rotatable bonds is 11. The highest BCUT2D eigenvalue weighted by Crippen LogP contribution is 2.37. The zero-order chi connectivity index (χ0) is 35.9. The van der Waals surface area contributed by atoms with Crippen molar-refractivity contribution in [2.45, 2.75) is 23.6 Å². The summed E-state index contributed by atoms with van der Waals surface area (Å²) < 4.78 is 2.28. The topological polar surface area (TPSA) is 92.2 Å². The van der Waals surface area contributed by atoms with Gasteiger partial charge in [0.2, 0.25) is 5.91 Å². The average Bonchev–Trinajstić information content (AvgIpc) is 3.51. The second-order valence-corrected chi connectivity index (χ2v) is 13.3. The van der Waals surface area contributed by atoms with Gasteiger partial charge in [-0.25, -0.2) is 0 Å². The van der Waals surface area contributed by atoms with Crippen molar-refractivity contribution >= 4 is 68.7 Å². The van der Waals surface area contributed by atoms with E-state index in [-0.39, 0.29) is 17.5 Å². The molecule has 1 atom stereocenters. The molecular formula is C44H36N4O3S. The number of amides is 3. The summed E-state index contributed by atoms with van der Waals surface area (Å²) in [5, 5.41) is 10.6. The fourth-order valence-electron chi connectivity index (χ4n) is 6.19. The van der Waals surface area contributed by atoms with Crippen molar-refractivity contribution in [3.8, 4) is 0 Å². The molecule has 1 heterocycles. The lowest BCUT2D eigenvalue weighted by molar-refractivity contribution is -0.116. The van der Waals surface area contributed by atoms with Crippen molar-refractivity contribution in [3.05, 3.63) is 180 Å². The number of carbonyl (C=O) groups is 3. The first-order valence-electron chi connectivity index (χ1n) is 17.0. The van der Waals surface area contributed by atoms with E-state index in [1.807, 2.05) is 97.1 Å². The smallest absolute Gasteiger partial charge is 0.272 e. The second-order valence-electron chi connectivity index (χ2n) is 12.2. The van der Waals surface area contributed by atoms with Crippen molar-refractivity contribution < 1.29 is 14.4 Å². The minimum absolute atomic E-state index is 0.108. The molecule has 7 rings (SSSR count). The first kappa shape index (κ1) is 34.1. The zero-order valence-electron chi connectivity index (χ0n) is 28.5. The van der Waals surface area contributed by atoms with E-state index in [0.717, 1.165) is 44.5 Å². The Morgan fingerprint density at radius 3 is 1.98 bits per heavy atom. The van der Waals surface area contributed by atoms with Crippen LogP contribution in [0.3, 0.4) is 0 Å². The van der Waals surface area contributed by atoms with Gasteiger partial charge < -0.3 is 20.5 Å². The number of carbonyl (C=O) groups excluding carboxylic acids is 3. The fraction of sp³-hybridized carbons (Fsp3) is 0.0682. The molecule has 6 aromatic carbocycles. The van der Waals surface area contributed by atoms with E-state index in [1.54, 1.807) is 42.5 Å². The Kier molecular flexibility index (Phi) is 10.3. The first-order chi connectivity index (χ1) is 25.5. The molecule has 0 aliphatic heterocycles. The Labute approximate surface area is 306 Å². The number of hydrogen-bond donors (Lipinski definition) is 3. The Morgan fingerprint density at radius 2 is 1.27 bits per heavy atom. The number of benzene rings is 6. The highest BCUT2D eigenvalue weighted by Gasteiger charge is 2.23. The number of nitrogens with zero attached hydrogens (tertiary/aromatic N) is 1. The Balaban J connectivity index is 1.09. The predicted molar refractivity (Wildman–Crippen MR) is 212 cm³/mol. The number of nitrogens with one attached hydrogen (secondary N) is 3. The van der Waals surface area contributed by atoms with Gasteiger partial charge in [-0.3, -0.25) is 14.4 Å². The summed E-state index contributed by atoms with van der Waals surface area (Å²) in [7, 11) is 0. The van der Waals surface area contributed by atoms with Gasteiger partial charge in [-0.1, -0.05) is 97.1 Å². The minimum atomic E-state index is -0.539. The van der Waals surface area contributed by atoms with Crippen molar-refractivity contribution in [1.29, 1.82) is 0 Å². The number of fused-ring (bicyclic) bond motifs is 3. The van der Waals surface area contributed by atoms with Gasteiger partial charge in [0.15, 0.2) is 0 Å². The minimum Gasteiger partial charge on any atom is -0.341 e. The Bertz CT molecular complexity index is 2390. The largest absolute Gasteiger partial charge is 0.341 e. The molecule has 256 valence electrons. The molecule has 7 aromatic rings. The van der Waals surface area contributed by atoms with E-state index >= 15 is 0 Å². The summed E-state index contributed by atoms with van der Waals surface area (Å²) in [5.74, 6) is -0.992. The van der Waals surface area contributed by atoms with Crippen molar-refractivity contribution in [2.75, 3.05) is 10.6 Å². The Morgan fingerprint density at radius 1 is 0.654 bits per heavy atom. The van der Waals surface area contributed by atoms with Gasteiger partial charge in [-0.2, -0.15) is 0 Å². The molecule has 8 heteroatoms. The second kappa shape index (κ2) is 15.7. The number of aromatic nitrogens is 1. The quantitative estimate of drug-likeness (QED) is 0.0926. The summed E-state index contributed by atoms with van der Waals surface area (Å²) >= 11 is 1.43. The van der Waals surface area contributed by atoms with Crippen LogP contribution < -0.4 is 16.0 Å². The van der Waals surface area contributed by atoms with Gasteiger partial charge in [0, 0.05) is 50.2 Å². The first-order valence-corrected chi connectivity index (χ1v) is 17.9. The standard InChI is InChI=1S/C44H36N4O3S/c1-2-48-39-21-13-12-20-36(39)37-29-34(24-27-40(37)48)46-44(51)41(31-16-8-4-9-17-31)52-35-25-22-33(23-26-35)45-43(50)38(28-30-14-6-3-7-15-30)47-42(49)32-18-10-5-11-19-32/h3-29,41H,2H2,1H3,(H,45,50)(H,46,51)(H,47,49)/b38-28-. The third-order valence-electron chi connectivity index (χ3n) is 8.70. The van der Waals surface area contributed by atoms with Crippen LogP contribution in [0.2, 0.25) is 0 Å². The molecule has 0 saturated carbocycles. The van der Waals surface area contributed by atoms with Crippen LogP contribution in [0.15, 0.2) is 168 Å². The maximum atomic E-state index is 14.0. The molecule has 7 nitrogen and oxygen atoms in total. The zero-order valence-corrected chi connectivity index (χ0v) is 29.3. The number of hydrogen-bond acceptors (Lipinski definition) is 4. The molecule has 1 unspecified atom stereocenters. The van der Waals surface area contributed by atoms with Crippen LogP contribution in [0.25, 0.3) is 27.9 Å². The highest BCUT2D eigenvalue weighted by atomic mass is 32.2. The van der Waals surface area contributed by atoms with Gasteiger partial charge in [0.25, 0.3) is 11.8 Å². The molecule has 3 amide bonds. The SMILES string of the molecule is CCn1c2ccccc2c2cc(NC(=O)C(Sc3ccc(NC(=O)/C(=C/c4ccccc4)NC(=O)c4ccccc4)cc3)c3ccccc3)ccc21. The van der Waals surface area contributed by atoms with Crippen LogP contribution in [-0.2, 0) is 16.1 Å². The third-order valence-corrected chi connectivity index (χ3v) is 9.97. The van der Waals surface area contributed by atoms with Crippen molar-refractivity contribution in [1.82, 2.24) is 9.88 Å². The molecule has 0 radical (unpaired) electrons. The molecule has 0 spiro atoms. The third kappa shape index (κ3) is 7.67. The van der Waals surface area contributed by atoms with Crippen LogP contribution in [-0.4, -0.2) is 22.3 Å². The molecule has 0 bridgehead atoms. The van der Waals surface area contributed by atoms with E-state index in [4.69, 9.17) is 0 Å². The van der Waals surface area contributed by atoms with E-state index in [2.05, 4.69) is 51.7 Å². The number of aryl methyl sites for hydroxylation is 1. The predicted octanol–water partition coefficient (Wildman–Crippen LogP) is 9.70. The lowest BCUT2D eigenvalue weighted by Gasteiger charge is -2.18. The van der Waals surface area contributed by atoms with Gasteiger partial charge in [0.05, 0.1) is 0 Å². The van der Waals surface area contributed by atoms with Gasteiger partial charge in [-0.15, -0.1) is 11.8 Å². The summed E-state index contributed by atoms with van der Waals surface area (Å²) in [6, 6.07) is 49.5. The lowest BCUT2D eigenvalue weighted by atomic mass is 10.1. The summed E-state index contributed by atoms with van der Waals surface area (Å²) in [4.78, 5) is 41.3. The number of thioether (sulfide) groups is 1. The highest BCUT2D eigenvalue weighted by molar-refractivity contribution is 8.00. The number of anilines is 2. The molecule has 0 aliphatic carbocycles. The lowest BCUT2D eigenvalue weighted by Crippen LogP contribution is -2.30. The molecule has 0 saturated heterocycles. The fourth-order valence-corrected chi connectivity index (χ4v) is 7.21. The van der Waals surface area contributed by atoms with E-state index in [0.29, 0.717) is 11.3 Å². The monoisotopic (exact) mass is 700 g/mol. The average molecular weight is 701 g/mol. The van der Waals surface area contributed by atoms with E-state index in [1.165, 1.54) is 17.3 Å². The van der Waals surface area contributed by atoms with E-state index in [9.17, 15) is 14.4 Å². The van der Waals surface area contributed by atoms with Crippen molar-refractivity contribution in [3.63, 3.8) is 0 Å². The van der Waals surface area contributed by atoms with Crippen LogP contribution in [0.1, 0.15) is 33.7 Å². The van der Waals surface area contributed by atoms with Crippen LogP contribution in [0.4, 0.5) is 11.4 Å². The maximum Gasteiger partial charge on any atom is 0.272 e. The molecule has 52 heavy (non-hydrogen) atoms. The Hall–Kier alpha value is -6.38. The van der Waals surface area contributed by atoms with Crippen LogP contribution >= 0.6 is 11.8 Å². The molecule has 1 aromatic heterocycles. The molecular weight excluding hydrogens is 665 g/mol. The molecule has 0 aliphatic rings. The normalized spacial score (nSPS) is 12.0. The van der Waals surface area contributed by atoms with Gasteiger partial charge in [0.1, 0.15) is 10.9 Å². The molecule has 3 N–H and O–H groups in total. The molecule has 0 fully saturated rings. The van der Waals surface area contributed by atoms with Crippen molar-refractivity contribution in [2.24, 2.45) is 0 Å². The summed E-state index contributed by atoms with van der Waals surface area (Å²) in [6.45, 7) is 2.98.